The van der Waals surface area contributed by atoms with E-state index in [2.05, 4.69) is 20.8 Å². The van der Waals surface area contributed by atoms with Crippen LogP contribution in [0.15, 0.2) is 29.2 Å². The number of benzene rings is 1. The fraction of sp³-hybridized carbons (Fsp3) is 0.806. The molecule has 0 fully saturated rings. The molecule has 0 aromatic heterocycles. The second kappa shape index (κ2) is 21.4. The fourth-order valence-electron chi connectivity index (χ4n) is 5.54. The Kier molecular flexibility index (Phi) is 19.7. The number of sulfone groups is 1. The second-order valence-electron chi connectivity index (χ2n) is 11.4. The lowest BCUT2D eigenvalue weighted by Crippen LogP contribution is -2.39. The van der Waals surface area contributed by atoms with E-state index < -0.39 is 28.3 Å². The number of aliphatic hydroxyl groups is 1. The van der Waals surface area contributed by atoms with E-state index in [1.54, 1.807) is 0 Å². The summed E-state index contributed by atoms with van der Waals surface area (Å²) in [6.07, 6.45) is 16.8. The minimum atomic E-state index is -3.67. The Morgan fingerprint density at radius 2 is 1.25 bits per heavy atom. The summed E-state index contributed by atoms with van der Waals surface area (Å²) in [6.45, 7) is 7.26. The van der Waals surface area contributed by atoms with E-state index in [0.29, 0.717) is 32.3 Å². The van der Waals surface area contributed by atoms with Crippen LogP contribution in [0.4, 0.5) is 5.69 Å². The smallest absolute Gasteiger partial charge is 0.269 e. The van der Waals surface area contributed by atoms with Crippen LogP contribution in [0.25, 0.3) is 0 Å². The van der Waals surface area contributed by atoms with Crippen molar-refractivity contribution in [1.82, 2.24) is 0 Å². The quantitative estimate of drug-likeness (QED) is 0.0493. The number of hydrogen-bond acceptors (Lipinski definition) is 6. The number of rotatable bonds is 26. The third-order valence-electron chi connectivity index (χ3n) is 8.04. The van der Waals surface area contributed by atoms with Crippen molar-refractivity contribution in [3.05, 3.63) is 34.4 Å². The molecule has 1 rings (SSSR count). The van der Waals surface area contributed by atoms with Crippen LogP contribution < -0.4 is 0 Å². The molecular formula is C31H57NO6SSi. The molecule has 0 amide bonds. The fourth-order valence-corrected chi connectivity index (χ4v) is 11.8. The molecule has 1 aromatic carbocycles. The van der Waals surface area contributed by atoms with E-state index >= 15 is 0 Å². The van der Waals surface area contributed by atoms with E-state index in [1.807, 2.05) is 0 Å². The summed E-state index contributed by atoms with van der Waals surface area (Å²) in [4.78, 5) is 10.6. The molecule has 9 heteroatoms. The lowest BCUT2D eigenvalue weighted by atomic mass is 10.1. The molecule has 0 heterocycles. The van der Waals surface area contributed by atoms with E-state index in [-0.39, 0.29) is 17.2 Å². The maximum absolute atomic E-state index is 13.4. The van der Waals surface area contributed by atoms with Crippen LogP contribution in [0, 0.1) is 10.1 Å². The van der Waals surface area contributed by atoms with Crippen molar-refractivity contribution in [3.8, 4) is 0 Å². The van der Waals surface area contributed by atoms with Gasteiger partial charge in [-0.05, 0) is 55.9 Å². The van der Waals surface area contributed by atoms with Gasteiger partial charge in [0.1, 0.15) is 0 Å². The molecule has 1 aromatic rings. The Labute approximate surface area is 245 Å². The first kappa shape index (κ1) is 36.7. The SMILES string of the molecule is CCCCCC[Si](CCCCCC)(CCCCCC)OCCC[C@H](CCCO)S(=O)(=O)c1ccc([N+](=O)[O-])cc1. The Bertz CT molecular complexity index is 862. The summed E-state index contributed by atoms with van der Waals surface area (Å²) >= 11 is 0. The molecule has 0 radical (unpaired) electrons. The normalized spacial score (nSPS) is 13.0. The van der Waals surface area contributed by atoms with Crippen LogP contribution in [0.1, 0.15) is 124 Å². The average Bonchev–Trinajstić information content (AvgIpc) is 2.95. The number of hydrogen-bond donors (Lipinski definition) is 1. The standard InChI is InChI=1S/C31H57NO6SSi/c1-4-7-10-13-26-40(27-14-11-8-5-2,28-15-12-9-6-3)38-25-17-19-30(18-16-24-33)39(36,37)31-22-20-29(21-23-31)32(34)35/h20-23,30,33H,4-19,24-28H2,1-3H3/t30-/m0/s1. The number of nitro groups is 1. The Balaban J connectivity index is 2.95. The van der Waals surface area contributed by atoms with E-state index in [9.17, 15) is 23.6 Å². The largest absolute Gasteiger partial charge is 0.417 e. The molecule has 0 saturated heterocycles. The first-order valence-corrected chi connectivity index (χ1v) is 20.1. The highest BCUT2D eigenvalue weighted by atomic mass is 32.2. The van der Waals surface area contributed by atoms with Crippen LogP contribution in [-0.2, 0) is 14.3 Å². The Morgan fingerprint density at radius 3 is 1.68 bits per heavy atom. The third-order valence-corrected chi connectivity index (χ3v) is 14.9. The summed E-state index contributed by atoms with van der Waals surface area (Å²) in [5, 5.41) is 19.8. The second-order valence-corrected chi connectivity index (χ2v) is 17.8. The van der Waals surface area contributed by atoms with Gasteiger partial charge >= 0.3 is 0 Å². The highest BCUT2D eigenvalue weighted by Gasteiger charge is 2.34. The van der Waals surface area contributed by atoms with Gasteiger partial charge in [-0.15, -0.1) is 0 Å². The Hall–Kier alpha value is -1.29. The first-order valence-electron chi connectivity index (χ1n) is 16.0. The number of nitrogens with zero attached hydrogens (tertiary/aromatic N) is 1. The molecule has 0 saturated carbocycles. The van der Waals surface area contributed by atoms with Gasteiger partial charge in [-0.2, -0.15) is 0 Å². The van der Waals surface area contributed by atoms with E-state index in [0.717, 1.165) is 0 Å². The van der Waals surface area contributed by atoms with Gasteiger partial charge in [0.25, 0.3) is 5.69 Å². The van der Waals surface area contributed by atoms with Crippen molar-refractivity contribution in [2.75, 3.05) is 13.2 Å². The van der Waals surface area contributed by atoms with Gasteiger partial charge in [-0.3, -0.25) is 10.1 Å². The van der Waals surface area contributed by atoms with Crippen molar-refractivity contribution in [2.24, 2.45) is 0 Å². The highest BCUT2D eigenvalue weighted by molar-refractivity contribution is 7.92. The minimum Gasteiger partial charge on any atom is -0.417 e. The van der Waals surface area contributed by atoms with Crippen molar-refractivity contribution in [3.63, 3.8) is 0 Å². The molecule has 0 bridgehead atoms. The van der Waals surface area contributed by atoms with Gasteiger partial charge in [0.15, 0.2) is 18.2 Å². The van der Waals surface area contributed by atoms with Gasteiger partial charge in [0.05, 0.1) is 15.1 Å². The predicted octanol–water partition coefficient (Wildman–Crippen LogP) is 8.99. The van der Waals surface area contributed by atoms with E-state index in [1.165, 1.54) is 119 Å². The third kappa shape index (κ3) is 14.1. The number of unbranched alkanes of at least 4 members (excludes halogenated alkanes) is 9. The van der Waals surface area contributed by atoms with Crippen molar-refractivity contribution in [2.45, 2.75) is 152 Å². The van der Waals surface area contributed by atoms with Crippen LogP contribution in [-0.4, -0.2) is 45.2 Å². The molecule has 0 unspecified atom stereocenters. The maximum atomic E-state index is 13.4. The molecule has 1 N–H and O–H groups in total. The lowest BCUT2D eigenvalue weighted by molar-refractivity contribution is -0.384. The average molecular weight is 600 g/mol. The zero-order chi connectivity index (χ0) is 29.7. The summed E-state index contributed by atoms with van der Waals surface area (Å²) in [7, 11) is -5.59. The lowest BCUT2D eigenvalue weighted by Gasteiger charge is -2.32. The van der Waals surface area contributed by atoms with Gasteiger partial charge < -0.3 is 9.53 Å². The van der Waals surface area contributed by atoms with Crippen LogP contribution in [0.5, 0.6) is 0 Å². The first-order chi connectivity index (χ1) is 19.3. The van der Waals surface area contributed by atoms with Crippen LogP contribution in [0.3, 0.4) is 0 Å². The number of nitro benzene ring substituents is 1. The minimum absolute atomic E-state index is 0.0634. The molecule has 0 aliphatic carbocycles. The van der Waals surface area contributed by atoms with Crippen molar-refractivity contribution >= 4 is 23.8 Å². The Morgan fingerprint density at radius 1 is 0.775 bits per heavy atom. The highest BCUT2D eigenvalue weighted by Crippen LogP contribution is 2.32. The summed E-state index contributed by atoms with van der Waals surface area (Å²) in [6, 6.07) is 8.78. The zero-order valence-corrected chi connectivity index (χ0v) is 27.4. The molecule has 40 heavy (non-hydrogen) atoms. The molecule has 0 spiro atoms. The van der Waals surface area contributed by atoms with Gasteiger partial charge in [-0.25, -0.2) is 8.42 Å². The van der Waals surface area contributed by atoms with Crippen molar-refractivity contribution < 1.29 is 22.9 Å². The van der Waals surface area contributed by atoms with Gasteiger partial charge in [0.2, 0.25) is 0 Å². The van der Waals surface area contributed by atoms with Gasteiger partial charge in [-0.1, -0.05) is 97.8 Å². The molecule has 7 nitrogen and oxygen atoms in total. The van der Waals surface area contributed by atoms with Crippen molar-refractivity contribution in [1.29, 1.82) is 0 Å². The van der Waals surface area contributed by atoms with Crippen LogP contribution in [0.2, 0.25) is 18.1 Å². The monoisotopic (exact) mass is 599 g/mol. The number of non-ortho nitro benzene ring substituents is 1. The molecule has 0 aliphatic heterocycles. The maximum Gasteiger partial charge on any atom is 0.269 e. The van der Waals surface area contributed by atoms with Gasteiger partial charge in [0, 0.05) is 25.3 Å². The number of aliphatic hydroxyl groups excluding tert-OH is 1. The molecule has 0 aliphatic rings. The van der Waals surface area contributed by atoms with E-state index in [4.69, 9.17) is 4.43 Å². The van der Waals surface area contributed by atoms with Crippen LogP contribution >= 0.6 is 0 Å². The summed E-state index contributed by atoms with van der Waals surface area (Å²) < 4.78 is 33.8. The molecular weight excluding hydrogens is 542 g/mol. The zero-order valence-electron chi connectivity index (χ0n) is 25.6. The molecule has 1 atom stereocenters. The topological polar surface area (TPSA) is 107 Å². The molecule has 232 valence electrons. The summed E-state index contributed by atoms with van der Waals surface area (Å²) in [5.41, 5.74) is -0.127. The summed E-state index contributed by atoms with van der Waals surface area (Å²) in [5.74, 6) is 0. The predicted molar refractivity (Wildman–Crippen MR) is 168 cm³/mol.